The van der Waals surface area contributed by atoms with Crippen LogP contribution in [0.15, 0.2) is 322 Å². The van der Waals surface area contributed by atoms with Gasteiger partial charge in [-0.25, -0.2) is 0 Å². The highest BCUT2D eigenvalue weighted by molar-refractivity contribution is 6.12. The highest BCUT2D eigenvalue weighted by Gasteiger charge is 2.54. The topological polar surface area (TPSA) is 4.93 Å². The molecule has 0 aliphatic heterocycles. The molecule has 0 saturated heterocycles. The van der Waals surface area contributed by atoms with Crippen molar-refractivity contribution in [2.75, 3.05) is 0 Å². The van der Waals surface area contributed by atoms with E-state index in [4.69, 9.17) is 0 Å². The summed E-state index contributed by atoms with van der Waals surface area (Å²) in [6.45, 7) is 0. The molecule has 5 aliphatic carbocycles. The first kappa shape index (κ1) is 48.2. The summed E-state index contributed by atoms with van der Waals surface area (Å²) in [4.78, 5) is 0. The normalized spacial score (nSPS) is 14.6. The van der Waals surface area contributed by atoms with Crippen LogP contribution in [0.3, 0.4) is 0 Å². The molecule has 0 N–H and O–H groups in total. The van der Waals surface area contributed by atoms with E-state index in [1.165, 1.54) is 166 Å². The van der Waals surface area contributed by atoms with Crippen LogP contribution in [-0.4, -0.2) is 4.57 Å². The van der Waals surface area contributed by atoms with Crippen LogP contribution in [0.2, 0.25) is 0 Å². The number of hydrogen-bond acceptors (Lipinski definition) is 0. The Bertz CT molecular complexity index is 5170. The minimum atomic E-state index is -0.700. The zero-order valence-corrected chi connectivity index (χ0v) is 48.0. The third kappa shape index (κ3) is 5.83. The Labute approximate surface area is 511 Å². The Balaban J connectivity index is 0.811. The second-order valence-corrected chi connectivity index (χ2v) is 24.8. The first-order valence-corrected chi connectivity index (χ1v) is 31.0. The Morgan fingerprint density at radius 2 is 0.534 bits per heavy atom. The van der Waals surface area contributed by atoms with Crippen LogP contribution in [-0.2, 0) is 16.2 Å². The van der Waals surface area contributed by atoms with E-state index in [-0.39, 0.29) is 0 Å². The molecule has 1 aromatic heterocycles. The van der Waals surface area contributed by atoms with Gasteiger partial charge in [0.15, 0.2) is 0 Å². The second kappa shape index (κ2) is 17.5. The number of fused-ring (bicyclic) bond motifs is 26. The van der Waals surface area contributed by atoms with Gasteiger partial charge in [0, 0.05) is 16.5 Å². The largest absolute Gasteiger partial charge is 0.309 e. The molecule has 0 fully saturated rings. The van der Waals surface area contributed by atoms with Crippen LogP contribution in [0.1, 0.15) is 66.8 Å². The van der Waals surface area contributed by atoms with E-state index >= 15 is 0 Å². The molecule has 406 valence electrons. The molecule has 5 aliphatic rings. The molecule has 14 aromatic carbocycles. The van der Waals surface area contributed by atoms with Gasteiger partial charge >= 0.3 is 0 Å². The van der Waals surface area contributed by atoms with Crippen molar-refractivity contribution in [1.29, 1.82) is 0 Å². The van der Waals surface area contributed by atoms with E-state index in [0.717, 1.165) is 5.69 Å². The molecule has 0 radical (unpaired) electrons. The van der Waals surface area contributed by atoms with Crippen molar-refractivity contribution in [1.82, 2.24) is 4.57 Å². The zero-order chi connectivity index (χ0) is 57.5. The van der Waals surface area contributed by atoms with E-state index in [2.05, 4.69) is 326 Å². The zero-order valence-electron chi connectivity index (χ0n) is 48.0. The second-order valence-electron chi connectivity index (χ2n) is 24.8. The van der Waals surface area contributed by atoms with E-state index in [1.807, 2.05) is 0 Å². The van der Waals surface area contributed by atoms with Gasteiger partial charge < -0.3 is 4.57 Å². The summed E-state index contributed by atoms with van der Waals surface area (Å²) in [7, 11) is 0. The van der Waals surface area contributed by atoms with Gasteiger partial charge in [-0.05, 0) is 175 Å². The van der Waals surface area contributed by atoms with Crippen molar-refractivity contribution in [3.8, 4) is 83.6 Å². The predicted octanol–water partition coefficient (Wildman–Crippen LogP) is 21.2. The smallest absolute Gasteiger partial charge is 0.0725 e. The van der Waals surface area contributed by atoms with Crippen LogP contribution < -0.4 is 0 Å². The number of para-hydroxylation sites is 2. The third-order valence-electron chi connectivity index (χ3n) is 21.2. The molecule has 0 unspecified atom stereocenters. The van der Waals surface area contributed by atoms with Crippen molar-refractivity contribution in [2.45, 2.75) is 16.2 Å². The predicted molar refractivity (Wildman–Crippen MR) is 362 cm³/mol. The quantitative estimate of drug-likeness (QED) is 0.162. The lowest BCUT2D eigenvalue weighted by molar-refractivity contribution is 0.769. The molecule has 1 heterocycles. The van der Waals surface area contributed by atoms with Crippen LogP contribution >= 0.6 is 0 Å². The Kier molecular flexibility index (Phi) is 9.58. The Hall–Kier alpha value is -11.1. The maximum atomic E-state index is 2.55. The Morgan fingerprint density at radius 3 is 0.989 bits per heavy atom. The van der Waals surface area contributed by atoms with Crippen molar-refractivity contribution >= 4 is 21.8 Å². The van der Waals surface area contributed by atoms with Gasteiger partial charge in [-0.15, -0.1) is 0 Å². The summed E-state index contributed by atoms with van der Waals surface area (Å²) in [5, 5.41) is 2.50. The van der Waals surface area contributed by atoms with Gasteiger partial charge in [0.25, 0.3) is 0 Å². The highest BCUT2D eigenvalue weighted by atomic mass is 15.0. The van der Waals surface area contributed by atoms with E-state index in [0.29, 0.717) is 0 Å². The maximum absolute atomic E-state index is 2.55. The summed E-state index contributed by atoms with van der Waals surface area (Å²) in [6, 6.07) is 123. The summed E-state index contributed by atoms with van der Waals surface area (Å²) in [5.41, 5.74) is 35.8. The fourth-order valence-corrected chi connectivity index (χ4v) is 18.0. The molecular weight excluding hydrogens is 1060 g/mol. The standard InChI is InChI=1S/C87H53N/c1-2-22-58(23-3-1)88-81-43-19-11-29-66(81)70-52-69-65-28-8-12-34-71(65)85(80(69)53-82(70)88,56-48-44-54(45-49-56)59-32-20-41-78-83(59)67-30-9-17-39-76(67)86(78)72-35-13-4-24-61(72)62-25-5-14-36-73(62)86)57-50-46-55(47-51-57)60-33-21-42-79-84(60)68-31-10-18-40-77(68)87(79)74-37-15-6-26-63(74)64-27-7-16-38-75(64)87/h1-53H. The number of benzene rings is 14. The number of rotatable bonds is 5. The van der Waals surface area contributed by atoms with Crippen LogP contribution in [0.25, 0.3) is 105 Å². The number of aromatic nitrogens is 1. The molecule has 0 saturated carbocycles. The molecule has 0 amide bonds. The summed E-state index contributed by atoms with van der Waals surface area (Å²) >= 11 is 0. The monoisotopic (exact) mass is 1110 g/mol. The van der Waals surface area contributed by atoms with Crippen molar-refractivity contribution in [2.24, 2.45) is 0 Å². The maximum Gasteiger partial charge on any atom is 0.0725 e. The molecule has 1 nitrogen and oxygen atoms in total. The van der Waals surface area contributed by atoms with Crippen LogP contribution in [0, 0.1) is 0 Å². The molecule has 0 bridgehead atoms. The fourth-order valence-electron chi connectivity index (χ4n) is 18.0. The lowest BCUT2D eigenvalue weighted by Crippen LogP contribution is -2.28. The molecule has 15 aromatic rings. The van der Waals surface area contributed by atoms with Gasteiger partial charge in [0.1, 0.15) is 0 Å². The SMILES string of the molecule is c1ccc(-n2c3ccccc3c3cc4c(cc32)C(c2ccc(-c3cccc5c3-c3ccccc3C53c5ccccc5-c5ccccc53)cc2)(c2ccc(-c3cccc5c3-c3ccccc3C53c5ccccc5-c5ccccc53)cc2)c2ccccc2-4)cc1. The lowest BCUT2D eigenvalue weighted by Gasteiger charge is -2.34. The summed E-state index contributed by atoms with van der Waals surface area (Å²) in [6.07, 6.45) is 0. The fraction of sp³-hybridized carbons (Fsp3) is 0.0345. The van der Waals surface area contributed by atoms with Gasteiger partial charge in [-0.1, -0.05) is 291 Å². The third-order valence-corrected chi connectivity index (χ3v) is 21.2. The summed E-state index contributed by atoms with van der Waals surface area (Å²) in [5.74, 6) is 0. The van der Waals surface area contributed by atoms with Crippen molar-refractivity contribution in [3.63, 3.8) is 0 Å². The molecular formula is C87H53N. The van der Waals surface area contributed by atoms with E-state index in [9.17, 15) is 0 Å². The minimum Gasteiger partial charge on any atom is -0.309 e. The van der Waals surface area contributed by atoms with E-state index in [1.54, 1.807) is 0 Å². The van der Waals surface area contributed by atoms with Gasteiger partial charge in [0.05, 0.1) is 27.3 Å². The highest BCUT2D eigenvalue weighted by Crippen LogP contribution is 2.66. The van der Waals surface area contributed by atoms with Crippen LogP contribution in [0.4, 0.5) is 0 Å². The first-order valence-electron chi connectivity index (χ1n) is 31.0. The van der Waals surface area contributed by atoms with Crippen molar-refractivity contribution < 1.29 is 0 Å². The molecule has 88 heavy (non-hydrogen) atoms. The van der Waals surface area contributed by atoms with Gasteiger partial charge in [0.2, 0.25) is 0 Å². The minimum absolute atomic E-state index is 0.423. The molecule has 20 rings (SSSR count). The molecule has 1 heteroatoms. The first-order chi connectivity index (χ1) is 43.7. The molecule has 0 atom stereocenters. The Morgan fingerprint density at radius 1 is 0.193 bits per heavy atom. The van der Waals surface area contributed by atoms with E-state index < -0.39 is 16.2 Å². The van der Waals surface area contributed by atoms with Crippen molar-refractivity contribution in [3.05, 3.63) is 388 Å². The number of nitrogens with zero attached hydrogens (tertiary/aromatic N) is 1. The average molecular weight is 1110 g/mol. The summed E-state index contributed by atoms with van der Waals surface area (Å²) < 4.78 is 2.48. The van der Waals surface area contributed by atoms with Gasteiger partial charge in [-0.3, -0.25) is 0 Å². The number of hydrogen-bond donors (Lipinski definition) is 0. The molecule has 2 spiro atoms. The average Bonchev–Trinajstić information content (AvgIpc) is 1.57. The van der Waals surface area contributed by atoms with Gasteiger partial charge in [-0.2, -0.15) is 0 Å². The van der Waals surface area contributed by atoms with Crippen LogP contribution in [0.5, 0.6) is 0 Å². The lowest BCUT2D eigenvalue weighted by atomic mass is 9.67.